The van der Waals surface area contributed by atoms with Gasteiger partial charge in [0.2, 0.25) is 0 Å². The van der Waals surface area contributed by atoms with Crippen molar-refractivity contribution in [1.29, 1.82) is 0 Å². The van der Waals surface area contributed by atoms with Crippen LogP contribution in [0.15, 0.2) is 60.7 Å². The number of hydrogen-bond donors (Lipinski definition) is 0. The molecule has 0 spiro atoms. The van der Waals surface area contributed by atoms with Crippen molar-refractivity contribution < 1.29 is 4.74 Å². The Morgan fingerprint density at radius 3 is 1.95 bits per heavy atom. The van der Waals surface area contributed by atoms with Gasteiger partial charge in [0, 0.05) is 22.8 Å². The number of hydrogen-bond acceptors (Lipinski definition) is 1. The molecule has 0 N–H and O–H groups in total. The number of benzene rings is 2. The molecule has 0 bridgehead atoms. The minimum atomic E-state index is 0.330. The lowest BCUT2D eigenvalue weighted by atomic mass is 9.83. The van der Waals surface area contributed by atoms with Crippen molar-refractivity contribution in [3.05, 3.63) is 71.8 Å². The minimum absolute atomic E-state index is 0.330. The fourth-order valence-corrected chi connectivity index (χ4v) is 3.88. The Balaban J connectivity index is 1.95. The van der Waals surface area contributed by atoms with Crippen molar-refractivity contribution in [2.24, 2.45) is 0 Å². The first-order valence-corrected chi connectivity index (χ1v) is 8.71. The van der Waals surface area contributed by atoms with Crippen molar-refractivity contribution in [2.45, 2.75) is 30.4 Å². The molecule has 2 unspecified atom stereocenters. The van der Waals surface area contributed by atoms with E-state index in [1.54, 1.807) is 0 Å². The first-order valence-electron chi connectivity index (χ1n) is 7.56. The van der Waals surface area contributed by atoms with Crippen LogP contribution >= 0.6 is 0 Å². The molecule has 2 aromatic carbocycles. The summed E-state index contributed by atoms with van der Waals surface area (Å²) in [5, 5.41) is 0. The van der Waals surface area contributed by atoms with Crippen LogP contribution in [0.25, 0.3) is 0 Å². The molecule has 1 aliphatic rings. The van der Waals surface area contributed by atoms with E-state index in [4.69, 9.17) is 4.74 Å². The van der Waals surface area contributed by atoms with Crippen LogP contribution in [-0.4, -0.2) is 23.0 Å². The predicted octanol–water partition coefficient (Wildman–Crippen LogP) is 3.15. The molecule has 0 radical (unpaired) electrons. The van der Waals surface area contributed by atoms with E-state index in [1.165, 1.54) is 34.2 Å². The summed E-state index contributed by atoms with van der Waals surface area (Å²) in [4.78, 5) is 0. The molecule has 2 atom stereocenters. The minimum Gasteiger partial charge on any atom is -0.377 e. The lowest BCUT2D eigenvalue weighted by molar-refractivity contribution is 0.00693. The van der Waals surface area contributed by atoms with Crippen molar-refractivity contribution in [3.63, 3.8) is 0 Å². The van der Waals surface area contributed by atoms with Crippen LogP contribution in [0.3, 0.4) is 0 Å². The zero-order valence-electron chi connectivity index (χ0n) is 12.0. The molecule has 1 fully saturated rings. The first-order chi connectivity index (χ1) is 9.84. The second kappa shape index (κ2) is 6.38. The maximum Gasteiger partial charge on any atom is 0.0683 e. The van der Waals surface area contributed by atoms with Crippen LogP contribution in [0.2, 0.25) is 5.54 Å². The van der Waals surface area contributed by atoms with Crippen LogP contribution < -0.4 is 0 Å². The molecule has 1 heterocycles. The average molecular weight is 282 g/mol. The average Bonchev–Trinajstić information content (AvgIpc) is 2.50. The van der Waals surface area contributed by atoms with E-state index >= 15 is 0 Å². The summed E-state index contributed by atoms with van der Waals surface area (Å²) in [5.41, 5.74) is 3.64. The zero-order chi connectivity index (χ0) is 13.8. The van der Waals surface area contributed by atoms with Crippen molar-refractivity contribution in [3.8, 4) is 0 Å². The van der Waals surface area contributed by atoms with Crippen molar-refractivity contribution in [2.75, 3.05) is 6.61 Å². The fraction of sp³-hybridized carbons (Fsp3) is 0.333. The summed E-state index contributed by atoms with van der Waals surface area (Å²) in [6, 6.07) is 21.6. The van der Waals surface area contributed by atoms with Gasteiger partial charge in [0.15, 0.2) is 0 Å². The second-order valence-corrected chi connectivity index (χ2v) is 7.47. The Kier molecular flexibility index (Phi) is 4.33. The highest BCUT2D eigenvalue weighted by Gasteiger charge is 2.29. The van der Waals surface area contributed by atoms with Crippen LogP contribution in [0.4, 0.5) is 0 Å². The van der Waals surface area contributed by atoms with E-state index in [0.29, 0.717) is 12.0 Å². The van der Waals surface area contributed by atoms with E-state index in [-0.39, 0.29) is 0 Å². The lowest BCUT2D eigenvalue weighted by Gasteiger charge is -2.34. The summed E-state index contributed by atoms with van der Waals surface area (Å²) in [6.45, 7) is 0.926. The normalized spacial score (nSPS) is 23.1. The van der Waals surface area contributed by atoms with E-state index < -0.39 is 0 Å². The van der Waals surface area contributed by atoms with Gasteiger partial charge in [0.25, 0.3) is 0 Å². The van der Waals surface area contributed by atoms with Gasteiger partial charge in [0.05, 0.1) is 6.10 Å². The van der Waals surface area contributed by atoms with Gasteiger partial charge in [0.1, 0.15) is 0 Å². The van der Waals surface area contributed by atoms with Gasteiger partial charge in [-0.25, -0.2) is 0 Å². The quantitative estimate of drug-likeness (QED) is 0.786. The third kappa shape index (κ3) is 3.02. The topological polar surface area (TPSA) is 9.23 Å². The summed E-state index contributed by atoms with van der Waals surface area (Å²) in [7, 11) is 1.28. The summed E-state index contributed by atoms with van der Waals surface area (Å²) >= 11 is 0. The fourth-order valence-electron chi connectivity index (χ4n) is 3.18. The maximum absolute atomic E-state index is 6.14. The monoisotopic (exact) mass is 282 g/mol. The smallest absolute Gasteiger partial charge is 0.0683 e. The first kappa shape index (κ1) is 13.6. The molecular formula is C18H22OSi. The van der Waals surface area contributed by atoms with Crippen LogP contribution in [0.1, 0.15) is 29.9 Å². The number of ether oxygens (including phenoxy) is 1. The molecule has 0 aliphatic carbocycles. The second-order valence-electron chi connectivity index (χ2n) is 5.84. The SMILES string of the molecule is [SiH3]C1CCOC(C(c2ccccc2)c2ccccc2)C1. The van der Waals surface area contributed by atoms with Gasteiger partial charge in [-0.1, -0.05) is 60.7 Å². The molecule has 1 aliphatic heterocycles. The van der Waals surface area contributed by atoms with Crippen LogP contribution in [-0.2, 0) is 4.74 Å². The molecule has 1 saturated heterocycles. The third-order valence-corrected chi connectivity index (χ3v) is 5.32. The Morgan fingerprint density at radius 1 is 0.900 bits per heavy atom. The number of rotatable bonds is 3. The Morgan fingerprint density at radius 2 is 1.45 bits per heavy atom. The Hall–Kier alpha value is -1.38. The molecule has 3 rings (SSSR count). The molecule has 2 aromatic rings. The van der Waals surface area contributed by atoms with Gasteiger partial charge in [-0.2, -0.15) is 0 Å². The van der Waals surface area contributed by atoms with E-state index in [9.17, 15) is 0 Å². The predicted molar refractivity (Wildman–Crippen MR) is 87.4 cm³/mol. The molecule has 20 heavy (non-hydrogen) atoms. The molecule has 0 amide bonds. The van der Waals surface area contributed by atoms with Gasteiger partial charge in [-0.05, 0) is 29.5 Å². The van der Waals surface area contributed by atoms with E-state index in [2.05, 4.69) is 60.7 Å². The Bertz CT molecular complexity index is 486. The van der Waals surface area contributed by atoms with Crippen molar-refractivity contribution >= 4 is 10.2 Å². The van der Waals surface area contributed by atoms with Gasteiger partial charge < -0.3 is 4.74 Å². The van der Waals surface area contributed by atoms with Gasteiger partial charge >= 0.3 is 0 Å². The summed E-state index contributed by atoms with van der Waals surface area (Å²) in [5.74, 6) is 0.370. The molecule has 2 heteroatoms. The Labute approximate surface area is 124 Å². The van der Waals surface area contributed by atoms with E-state index in [0.717, 1.165) is 12.1 Å². The molecule has 0 saturated carbocycles. The highest BCUT2D eigenvalue weighted by Crippen LogP contribution is 2.36. The van der Waals surface area contributed by atoms with E-state index in [1.807, 2.05) is 0 Å². The standard InChI is InChI=1S/C18H22OSi/c20-16-11-12-19-17(13-16)18(14-7-3-1-4-8-14)15-9-5-2-6-10-15/h1-10,16-18H,11-13H2,20H3. The summed E-state index contributed by atoms with van der Waals surface area (Å²) < 4.78 is 6.14. The molecular weight excluding hydrogens is 260 g/mol. The maximum atomic E-state index is 6.14. The third-order valence-electron chi connectivity index (χ3n) is 4.27. The molecule has 0 aromatic heterocycles. The molecule has 104 valence electrons. The van der Waals surface area contributed by atoms with Gasteiger partial charge in [-0.15, -0.1) is 0 Å². The summed E-state index contributed by atoms with van der Waals surface area (Å²) in [6.07, 6.45) is 2.79. The van der Waals surface area contributed by atoms with Crippen molar-refractivity contribution in [1.82, 2.24) is 0 Å². The molecule has 1 nitrogen and oxygen atoms in total. The highest BCUT2D eigenvalue weighted by molar-refractivity contribution is 6.11. The largest absolute Gasteiger partial charge is 0.377 e. The lowest BCUT2D eigenvalue weighted by Crippen LogP contribution is -2.29. The van der Waals surface area contributed by atoms with Gasteiger partial charge in [-0.3, -0.25) is 0 Å². The van der Waals surface area contributed by atoms with Crippen LogP contribution in [0.5, 0.6) is 0 Å². The zero-order valence-corrected chi connectivity index (χ0v) is 14.0. The highest BCUT2D eigenvalue weighted by atomic mass is 28.1. The van der Waals surface area contributed by atoms with Crippen LogP contribution in [0, 0.1) is 0 Å².